The number of carbonyl (C=O) groups excluding carboxylic acids is 1. The average Bonchev–Trinajstić information content (AvgIpc) is 2.27. The molecule has 0 bridgehead atoms. The van der Waals surface area contributed by atoms with E-state index in [1.807, 2.05) is 13.8 Å². The molecule has 1 fully saturated rings. The van der Waals surface area contributed by atoms with Crippen LogP contribution in [-0.4, -0.2) is 41.1 Å². The fourth-order valence-corrected chi connectivity index (χ4v) is 2.26. The van der Waals surface area contributed by atoms with Crippen molar-refractivity contribution in [2.24, 2.45) is 0 Å². The zero-order valence-corrected chi connectivity index (χ0v) is 10.6. The molecule has 1 amide bonds. The molecule has 1 aromatic rings. The Balaban J connectivity index is 2.17. The van der Waals surface area contributed by atoms with Gasteiger partial charge < -0.3 is 9.64 Å². The minimum atomic E-state index is -0.0561. The highest BCUT2D eigenvalue weighted by Gasteiger charge is 2.27. The van der Waals surface area contributed by atoms with Gasteiger partial charge in [-0.25, -0.2) is 0 Å². The minimum Gasteiger partial charge on any atom is -0.372 e. The van der Waals surface area contributed by atoms with Gasteiger partial charge in [-0.3, -0.25) is 9.78 Å². The second-order valence-corrected chi connectivity index (χ2v) is 4.73. The van der Waals surface area contributed by atoms with Crippen molar-refractivity contribution in [3.05, 3.63) is 29.0 Å². The van der Waals surface area contributed by atoms with Crippen LogP contribution in [0, 0.1) is 0 Å². The zero-order valence-electron chi connectivity index (χ0n) is 9.89. The summed E-state index contributed by atoms with van der Waals surface area (Å²) in [4.78, 5) is 17.9. The van der Waals surface area contributed by atoms with E-state index in [1.165, 1.54) is 6.20 Å². The van der Waals surface area contributed by atoms with Crippen molar-refractivity contribution in [2.75, 3.05) is 13.1 Å². The number of hydrogen-bond donors (Lipinski definition) is 0. The normalized spacial score (nSPS) is 24.8. The van der Waals surface area contributed by atoms with E-state index >= 15 is 0 Å². The third-order valence-corrected chi connectivity index (χ3v) is 3.01. The van der Waals surface area contributed by atoms with Crippen LogP contribution < -0.4 is 0 Å². The summed E-state index contributed by atoms with van der Waals surface area (Å²) in [6.45, 7) is 5.12. The first-order chi connectivity index (χ1) is 8.08. The van der Waals surface area contributed by atoms with Crippen molar-refractivity contribution >= 4 is 17.5 Å². The van der Waals surface area contributed by atoms with Crippen molar-refractivity contribution in [3.8, 4) is 0 Å². The van der Waals surface area contributed by atoms with Gasteiger partial charge in [0.1, 0.15) is 0 Å². The molecule has 0 radical (unpaired) electrons. The topological polar surface area (TPSA) is 42.4 Å². The molecule has 2 atom stereocenters. The number of carbonyl (C=O) groups is 1. The van der Waals surface area contributed by atoms with Gasteiger partial charge >= 0.3 is 0 Å². The van der Waals surface area contributed by atoms with Crippen LogP contribution in [0.3, 0.4) is 0 Å². The Hall–Kier alpha value is -1.13. The second-order valence-electron chi connectivity index (χ2n) is 4.32. The molecule has 1 saturated heterocycles. The number of ether oxygens (including phenoxy) is 1. The molecule has 1 aliphatic heterocycles. The SMILES string of the molecule is C[C@@H]1CN(C(=O)c2ccncc2Cl)C[C@H](C)O1. The molecule has 5 heteroatoms. The van der Waals surface area contributed by atoms with Crippen LogP contribution in [0.2, 0.25) is 5.02 Å². The molecular formula is C12H15ClN2O2. The summed E-state index contributed by atoms with van der Waals surface area (Å²) >= 11 is 5.97. The van der Waals surface area contributed by atoms with Crippen LogP contribution in [0.15, 0.2) is 18.5 Å². The molecule has 1 aliphatic rings. The molecule has 0 N–H and O–H groups in total. The summed E-state index contributed by atoms with van der Waals surface area (Å²) in [5.74, 6) is -0.0561. The maximum atomic E-state index is 12.3. The van der Waals surface area contributed by atoms with Crippen molar-refractivity contribution in [2.45, 2.75) is 26.1 Å². The largest absolute Gasteiger partial charge is 0.372 e. The molecule has 0 unspecified atom stereocenters. The van der Waals surface area contributed by atoms with Gasteiger partial charge in [0.25, 0.3) is 5.91 Å². The Morgan fingerprint density at radius 1 is 1.47 bits per heavy atom. The lowest BCUT2D eigenvalue weighted by atomic mass is 10.2. The molecule has 92 valence electrons. The van der Waals surface area contributed by atoms with Crippen LogP contribution >= 0.6 is 11.6 Å². The summed E-state index contributed by atoms with van der Waals surface area (Å²) in [6.07, 6.45) is 3.18. The van der Waals surface area contributed by atoms with E-state index in [4.69, 9.17) is 16.3 Å². The van der Waals surface area contributed by atoms with Crippen LogP contribution in [-0.2, 0) is 4.74 Å². The van der Waals surface area contributed by atoms with E-state index in [1.54, 1.807) is 17.2 Å². The summed E-state index contributed by atoms with van der Waals surface area (Å²) < 4.78 is 5.59. The molecule has 17 heavy (non-hydrogen) atoms. The van der Waals surface area contributed by atoms with E-state index < -0.39 is 0 Å². The van der Waals surface area contributed by atoms with Crippen LogP contribution in [0.1, 0.15) is 24.2 Å². The van der Waals surface area contributed by atoms with Crippen molar-refractivity contribution in [3.63, 3.8) is 0 Å². The highest BCUT2D eigenvalue weighted by Crippen LogP contribution is 2.19. The Bertz CT molecular complexity index is 415. The number of aromatic nitrogens is 1. The third-order valence-electron chi connectivity index (χ3n) is 2.71. The van der Waals surface area contributed by atoms with Crippen LogP contribution in [0.25, 0.3) is 0 Å². The van der Waals surface area contributed by atoms with Gasteiger partial charge in [0, 0.05) is 25.5 Å². The zero-order chi connectivity index (χ0) is 12.4. The highest BCUT2D eigenvalue weighted by atomic mass is 35.5. The average molecular weight is 255 g/mol. The van der Waals surface area contributed by atoms with Gasteiger partial charge in [0.2, 0.25) is 0 Å². The van der Waals surface area contributed by atoms with E-state index in [0.717, 1.165) is 0 Å². The van der Waals surface area contributed by atoms with E-state index in [0.29, 0.717) is 23.7 Å². The molecule has 4 nitrogen and oxygen atoms in total. The quantitative estimate of drug-likeness (QED) is 0.770. The van der Waals surface area contributed by atoms with Gasteiger partial charge in [0.05, 0.1) is 22.8 Å². The number of nitrogens with zero attached hydrogens (tertiary/aromatic N) is 2. The number of halogens is 1. The van der Waals surface area contributed by atoms with E-state index in [2.05, 4.69) is 4.98 Å². The lowest BCUT2D eigenvalue weighted by molar-refractivity contribution is -0.0586. The fraction of sp³-hybridized carbons (Fsp3) is 0.500. The maximum Gasteiger partial charge on any atom is 0.255 e. The number of morpholine rings is 1. The number of hydrogen-bond acceptors (Lipinski definition) is 3. The standard InChI is InChI=1S/C12H15ClN2O2/c1-8-6-15(7-9(2)17-8)12(16)10-3-4-14-5-11(10)13/h3-5,8-9H,6-7H2,1-2H3/t8-,9+. The number of amides is 1. The molecule has 2 rings (SSSR count). The number of rotatable bonds is 1. The lowest BCUT2D eigenvalue weighted by Crippen LogP contribution is -2.48. The van der Waals surface area contributed by atoms with Crippen LogP contribution in [0.5, 0.6) is 0 Å². The Labute approximate surface area is 106 Å². The first kappa shape index (κ1) is 12.3. The fourth-order valence-electron chi connectivity index (χ4n) is 2.06. The van der Waals surface area contributed by atoms with E-state index in [9.17, 15) is 4.79 Å². The monoisotopic (exact) mass is 254 g/mol. The Morgan fingerprint density at radius 2 is 2.12 bits per heavy atom. The molecule has 0 aromatic carbocycles. The van der Waals surface area contributed by atoms with Crippen molar-refractivity contribution < 1.29 is 9.53 Å². The van der Waals surface area contributed by atoms with Gasteiger partial charge in [-0.1, -0.05) is 11.6 Å². The van der Waals surface area contributed by atoms with E-state index in [-0.39, 0.29) is 18.1 Å². The van der Waals surface area contributed by atoms with Gasteiger partial charge in [-0.2, -0.15) is 0 Å². The van der Waals surface area contributed by atoms with Gasteiger partial charge in [-0.15, -0.1) is 0 Å². The summed E-state index contributed by atoms with van der Waals surface area (Å²) in [6, 6.07) is 1.65. The summed E-state index contributed by atoms with van der Waals surface area (Å²) in [5.41, 5.74) is 0.503. The first-order valence-corrected chi connectivity index (χ1v) is 6.00. The molecule has 0 saturated carbocycles. The van der Waals surface area contributed by atoms with Gasteiger partial charge in [0.15, 0.2) is 0 Å². The molecule has 0 aliphatic carbocycles. The molecule has 2 heterocycles. The molecule has 0 spiro atoms. The third kappa shape index (κ3) is 2.76. The lowest BCUT2D eigenvalue weighted by Gasteiger charge is -2.35. The minimum absolute atomic E-state index is 0.0561. The van der Waals surface area contributed by atoms with Gasteiger partial charge in [-0.05, 0) is 19.9 Å². The smallest absolute Gasteiger partial charge is 0.255 e. The Kier molecular flexibility index (Phi) is 3.64. The highest BCUT2D eigenvalue weighted by molar-refractivity contribution is 6.33. The molecule has 1 aromatic heterocycles. The molecular weight excluding hydrogens is 240 g/mol. The predicted molar refractivity (Wildman–Crippen MR) is 65.2 cm³/mol. The maximum absolute atomic E-state index is 12.3. The van der Waals surface area contributed by atoms with Crippen molar-refractivity contribution in [1.82, 2.24) is 9.88 Å². The first-order valence-electron chi connectivity index (χ1n) is 5.62. The Morgan fingerprint density at radius 3 is 2.71 bits per heavy atom. The second kappa shape index (κ2) is 5.02. The van der Waals surface area contributed by atoms with Crippen molar-refractivity contribution in [1.29, 1.82) is 0 Å². The number of pyridine rings is 1. The predicted octanol–water partition coefficient (Wildman–Crippen LogP) is 1.98. The summed E-state index contributed by atoms with van der Waals surface area (Å²) in [7, 11) is 0. The summed E-state index contributed by atoms with van der Waals surface area (Å²) in [5, 5.41) is 0.393. The van der Waals surface area contributed by atoms with Crippen LogP contribution in [0.4, 0.5) is 0 Å².